The van der Waals surface area contributed by atoms with Gasteiger partial charge in [-0.3, -0.25) is 14.9 Å². The number of carbonyl (C=O) groups excluding carboxylic acids is 1. The van der Waals surface area contributed by atoms with Crippen LogP contribution in [0.2, 0.25) is 5.02 Å². The Morgan fingerprint density at radius 1 is 1.57 bits per heavy atom. The number of amides is 1. The van der Waals surface area contributed by atoms with Gasteiger partial charge in [0, 0.05) is 24.2 Å². The lowest BCUT2D eigenvalue weighted by atomic mass is 10.1. The average molecular weight is 315 g/mol. The van der Waals surface area contributed by atoms with Gasteiger partial charge in [-0.2, -0.15) is 0 Å². The highest BCUT2D eigenvalue weighted by Gasteiger charge is 2.31. The summed E-state index contributed by atoms with van der Waals surface area (Å²) >= 11 is 5.83. The molecule has 1 fully saturated rings. The summed E-state index contributed by atoms with van der Waals surface area (Å²) in [7, 11) is 0. The first-order valence-electron chi connectivity index (χ1n) is 6.42. The van der Waals surface area contributed by atoms with Crippen LogP contribution in [0.5, 0.6) is 0 Å². The molecule has 1 N–H and O–H groups in total. The number of nitro groups is 1. The molecule has 0 radical (unpaired) electrons. The van der Waals surface area contributed by atoms with Gasteiger partial charge in [0.25, 0.3) is 11.6 Å². The summed E-state index contributed by atoms with van der Waals surface area (Å²) < 4.78 is 5.45. The van der Waals surface area contributed by atoms with Crippen molar-refractivity contribution in [2.75, 3.05) is 19.7 Å². The van der Waals surface area contributed by atoms with Crippen LogP contribution in [0.3, 0.4) is 0 Å². The molecule has 2 atom stereocenters. The number of nitro benzene ring substituents is 1. The number of rotatable bonds is 3. The van der Waals surface area contributed by atoms with Gasteiger partial charge < -0.3 is 14.7 Å². The number of morpholine rings is 1. The van der Waals surface area contributed by atoms with Gasteiger partial charge in [-0.15, -0.1) is 0 Å². The highest BCUT2D eigenvalue weighted by atomic mass is 35.5. The van der Waals surface area contributed by atoms with E-state index in [0.717, 1.165) is 0 Å². The number of benzene rings is 1. The fourth-order valence-electron chi connectivity index (χ4n) is 2.32. The lowest BCUT2D eigenvalue weighted by Crippen LogP contribution is -2.50. The normalized spacial score (nSPS) is 22.1. The molecule has 114 valence electrons. The topological polar surface area (TPSA) is 92.9 Å². The number of carbonyl (C=O) groups is 1. The zero-order valence-electron chi connectivity index (χ0n) is 11.4. The van der Waals surface area contributed by atoms with E-state index in [1.54, 1.807) is 6.92 Å². The van der Waals surface area contributed by atoms with Gasteiger partial charge in [0.05, 0.1) is 23.7 Å². The van der Waals surface area contributed by atoms with Crippen molar-refractivity contribution in [3.05, 3.63) is 38.9 Å². The Kier molecular flexibility index (Phi) is 4.76. The highest BCUT2D eigenvalue weighted by molar-refractivity contribution is 6.31. The predicted molar refractivity (Wildman–Crippen MR) is 75.4 cm³/mol. The fourth-order valence-corrected chi connectivity index (χ4v) is 2.49. The number of hydrogen-bond acceptors (Lipinski definition) is 5. The van der Waals surface area contributed by atoms with Gasteiger partial charge in [-0.25, -0.2) is 0 Å². The lowest BCUT2D eigenvalue weighted by molar-refractivity contribution is -0.385. The van der Waals surface area contributed by atoms with E-state index in [-0.39, 0.29) is 35.5 Å². The monoisotopic (exact) mass is 314 g/mol. The first-order valence-corrected chi connectivity index (χ1v) is 6.79. The molecule has 0 saturated carbocycles. The molecule has 2 unspecified atom stereocenters. The van der Waals surface area contributed by atoms with E-state index in [9.17, 15) is 20.0 Å². The Balaban J connectivity index is 2.31. The van der Waals surface area contributed by atoms with Crippen LogP contribution in [0.1, 0.15) is 17.3 Å². The number of hydrogen-bond donors (Lipinski definition) is 1. The molecule has 2 rings (SSSR count). The SMILES string of the molecule is CC1CN(C(=O)c2cc(Cl)ccc2[N+](=O)[O-])CC(CO)O1. The van der Waals surface area contributed by atoms with Crippen LogP contribution in [-0.2, 0) is 4.74 Å². The van der Waals surface area contributed by atoms with E-state index in [1.807, 2.05) is 0 Å². The molecule has 1 aliphatic heterocycles. The Morgan fingerprint density at radius 2 is 2.29 bits per heavy atom. The van der Waals surface area contributed by atoms with Crippen LogP contribution < -0.4 is 0 Å². The minimum absolute atomic E-state index is 0.0571. The predicted octanol–water partition coefficient (Wildman–Crippen LogP) is 1.47. The largest absolute Gasteiger partial charge is 0.394 e. The van der Waals surface area contributed by atoms with Crippen molar-refractivity contribution in [1.29, 1.82) is 0 Å². The molecule has 0 bridgehead atoms. The Morgan fingerprint density at radius 3 is 2.90 bits per heavy atom. The summed E-state index contributed by atoms with van der Waals surface area (Å²) in [6.45, 7) is 2.04. The lowest BCUT2D eigenvalue weighted by Gasteiger charge is -2.36. The summed E-state index contributed by atoms with van der Waals surface area (Å²) in [5.74, 6) is -0.488. The molecule has 0 aromatic heterocycles. The second-order valence-corrected chi connectivity index (χ2v) is 5.32. The van der Waals surface area contributed by atoms with Gasteiger partial charge in [0.1, 0.15) is 5.56 Å². The molecule has 1 aromatic carbocycles. The standard InChI is InChI=1S/C13H15ClN2O5/c1-8-5-15(6-10(7-17)21-8)13(18)11-4-9(14)2-3-12(11)16(19)20/h2-4,8,10,17H,5-7H2,1H3. The molecule has 1 aromatic rings. The molecule has 7 nitrogen and oxygen atoms in total. The fraction of sp³-hybridized carbons (Fsp3) is 0.462. The maximum atomic E-state index is 12.5. The van der Waals surface area contributed by atoms with E-state index in [2.05, 4.69) is 0 Å². The third kappa shape index (κ3) is 3.49. The van der Waals surface area contributed by atoms with E-state index in [1.165, 1.54) is 23.1 Å². The minimum atomic E-state index is -0.614. The van der Waals surface area contributed by atoms with Crippen molar-refractivity contribution >= 4 is 23.2 Å². The Labute approximate surface area is 126 Å². The number of halogens is 1. The first-order chi connectivity index (χ1) is 9.92. The molecular formula is C13H15ClN2O5. The highest BCUT2D eigenvalue weighted by Crippen LogP contribution is 2.25. The van der Waals surface area contributed by atoms with E-state index in [4.69, 9.17) is 16.3 Å². The molecule has 0 aliphatic carbocycles. The minimum Gasteiger partial charge on any atom is -0.394 e. The van der Waals surface area contributed by atoms with Gasteiger partial charge >= 0.3 is 0 Å². The van der Waals surface area contributed by atoms with Crippen molar-refractivity contribution in [2.45, 2.75) is 19.1 Å². The number of aliphatic hydroxyl groups is 1. The molecular weight excluding hydrogens is 300 g/mol. The molecule has 1 saturated heterocycles. The smallest absolute Gasteiger partial charge is 0.282 e. The van der Waals surface area contributed by atoms with Crippen molar-refractivity contribution in [2.24, 2.45) is 0 Å². The van der Waals surface area contributed by atoms with Crippen LogP contribution >= 0.6 is 11.6 Å². The number of aliphatic hydroxyl groups excluding tert-OH is 1. The van der Waals surface area contributed by atoms with Crippen LogP contribution in [-0.4, -0.2) is 52.7 Å². The third-order valence-electron chi connectivity index (χ3n) is 3.20. The van der Waals surface area contributed by atoms with Gasteiger partial charge in [0.2, 0.25) is 0 Å². The van der Waals surface area contributed by atoms with E-state index >= 15 is 0 Å². The maximum absolute atomic E-state index is 12.5. The second kappa shape index (κ2) is 6.38. The summed E-state index contributed by atoms with van der Waals surface area (Å²) in [5.41, 5.74) is -0.345. The first kappa shape index (κ1) is 15.7. The third-order valence-corrected chi connectivity index (χ3v) is 3.44. The molecule has 1 amide bonds. The second-order valence-electron chi connectivity index (χ2n) is 4.88. The maximum Gasteiger partial charge on any atom is 0.282 e. The average Bonchev–Trinajstić information content (AvgIpc) is 2.45. The summed E-state index contributed by atoms with van der Waals surface area (Å²) in [6, 6.07) is 3.87. The Hall–Kier alpha value is -1.70. The van der Waals surface area contributed by atoms with Crippen molar-refractivity contribution in [3.8, 4) is 0 Å². The summed E-state index contributed by atoms with van der Waals surface area (Å²) in [6.07, 6.45) is -0.742. The van der Waals surface area contributed by atoms with Crippen LogP contribution in [0.15, 0.2) is 18.2 Å². The van der Waals surface area contributed by atoms with Crippen LogP contribution in [0.25, 0.3) is 0 Å². The number of nitrogens with zero attached hydrogens (tertiary/aromatic N) is 2. The van der Waals surface area contributed by atoms with Gasteiger partial charge in [-0.1, -0.05) is 11.6 Å². The molecule has 1 heterocycles. The summed E-state index contributed by atoms with van der Waals surface area (Å²) in [4.78, 5) is 24.4. The van der Waals surface area contributed by atoms with Crippen LogP contribution in [0, 0.1) is 10.1 Å². The molecule has 0 spiro atoms. The Bertz CT molecular complexity index is 565. The zero-order chi connectivity index (χ0) is 15.6. The van der Waals surface area contributed by atoms with Gasteiger partial charge in [0.15, 0.2) is 0 Å². The zero-order valence-corrected chi connectivity index (χ0v) is 12.1. The number of ether oxygens (including phenoxy) is 1. The van der Waals surface area contributed by atoms with Crippen molar-refractivity contribution < 1.29 is 19.6 Å². The molecule has 1 aliphatic rings. The van der Waals surface area contributed by atoms with Crippen molar-refractivity contribution in [3.63, 3.8) is 0 Å². The summed E-state index contributed by atoms with van der Waals surface area (Å²) in [5, 5.41) is 20.5. The van der Waals surface area contributed by atoms with E-state index < -0.39 is 16.9 Å². The van der Waals surface area contributed by atoms with E-state index in [0.29, 0.717) is 6.54 Å². The van der Waals surface area contributed by atoms with Gasteiger partial charge in [-0.05, 0) is 19.1 Å². The van der Waals surface area contributed by atoms with Crippen LogP contribution in [0.4, 0.5) is 5.69 Å². The molecule has 21 heavy (non-hydrogen) atoms. The quantitative estimate of drug-likeness (QED) is 0.673. The van der Waals surface area contributed by atoms with Crippen molar-refractivity contribution in [1.82, 2.24) is 4.90 Å². The molecule has 8 heteroatoms.